The van der Waals surface area contributed by atoms with Crippen LogP contribution in [0.1, 0.15) is 59.2 Å². The van der Waals surface area contributed by atoms with Crippen molar-refractivity contribution in [2.75, 3.05) is 0 Å². The topological polar surface area (TPSA) is 32.3 Å². The average molecular weight is 288 g/mol. The maximum absolute atomic E-state index is 12.8. The van der Waals surface area contributed by atoms with Gasteiger partial charge in [-0.25, -0.2) is 0 Å². The molecule has 1 saturated heterocycles. The third-order valence-electron chi connectivity index (χ3n) is 4.55. The van der Waals surface area contributed by atoms with Gasteiger partial charge in [-0.15, -0.1) is 0 Å². The quantitative estimate of drug-likeness (QED) is 0.916. The molecule has 3 unspecified atom stereocenters. The Morgan fingerprint density at radius 3 is 2.38 bits per heavy atom. The molecule has 2 rings (SSSR count). The van der Waals surface area contributed by atoms with Crippen LogP contribution in [0.2, 0.25) is 0 Å². The van der Waals surface area contributed by atoms with Crippen LogP contribution in [-0.2, 0) is 4.79 Å². The Balaban J connectivity index is 2.34. The minimum atomic E-state index is -0.0509. The second kappa shape index (κ2) is 6.18. The zero-order valence-electron chi connectivity index (χ0n) is 13.9. The van der Waals surface area contributed by atoms with Crippen molar-refractivity contribution in [2.45, 2.75) is 65.7 Å². The SMILES string of the molecule is CCCC1NC(c2ccccc2)N(C(C)C(C)(C)C)C1=O. The number of nitrogens with one attached hydrogen (secondary N) is 1. The van der Waals surface area contributed by atoms with Crippen LogP contribution in [-0.4, -0.2) is 22.9 Å². The lowest BCUT2D eigenvalue weighted by Crippen LogP contribution is -2.45. The van der Waals surface area contributed by atoms with Crippen molar-refractivity contribution in [1.29, 1.82) is 0 Å². The van der Waals surface area contributed by atoms with E-state index in [2.05, 4.69) is 57.0 Å². The predicted molar refractivity (Wildman–Crippen MR) is 86.8 cm³/mol. The van der Waals surface area contributed by atoms with Crippen LogP contribution in [0.4, 0.5) is 0 Å². The van der Waals surface area contributed by atoms with Gasteiger partial charge >= 0.3 is 0 Å². The highest BCUT2D eigenvalue weighted by Gasteiger charge is 2.44. The highest BCUT2D eigenvalue weighted by Crippen LogP contribution is 2.35. The van der Waals surface area contributed by atoms with Gasteiger partial charge in [-0.05, 0) is 24.3 Å². The van der Waals surface area contributed by atoms with Gasteiger partial charge in [0.15, 0.2) is 0 Å². The molecule has 0 radical (unpaired) electrons. The Morgan fingerprint density at radius 1 is 1.24 bits per heavy atom. The molecule has 0 bridgehead atoms. The number of nitrogens with zero attached hydrogens (tertiary/aromatic N) is 1. The number of hydrogen-bond acceptors (Lipinski definition) is 2. The van der Waals surface area contributed by atoms with E-state index >= 15 is 0 Å². The summed E-state index contributed by atoms with van der Waals surface area (Å²) in [6, 6.07) is 10.4. The van der Waals surface area contributed by atoms with Gasteiger partial charge in [0.05, 0.1) is 6.04 Å². The molecule has 0 spiro atoms. The molecule has 1 amide bonds. The van der Waals surface area contributed by atoms with Crippen LogP contribution in [0.3, 0.4) is 0 Å². The summed E-state index contributed by atoms with van der Waals surface area (Å²) in [6.07, 6.45) is 1.91. The largest absolute Gasteiger partial charge is 0.318 e. The molecule has 116 valence electrons. The summed E-state index contributed by atoms with van der Waals surface area (Å²) in [6.45, 7) is 10.9. The van der Waals surface area contributed by atoms with Crippen molar-refractivity contribution in [3.05, 3.63) is 35.9 Å². The molecule has 3 atom stereocenters. The Morgan fingerprint density at radius 2 is 1.86 bits per heavy atom. The molecular formula is C18H28N2O. The fourth-order valence-corrected chi connectivity index (χ4v) is 2.87. The van der Waals surface area contributed by atoms with Gasteiger partial charge in [0.2, 0.25) is 5.91 Å². The highest BCUT2D eigenvalue weighted by molar-refractivity contribution is 5.85. The van der Waals surface area contributed by atoms with Gasteiger partial charge < -0.3 is 4.90 Å². The zero-order chi connectivity index (χ0) is 15.6. The summed E-state index contributed by atoms with van der Waals surface area (Å²) in [4.78, 5) is 14.9. The van der Waals surface area contributed by atoms with Crippen LogP contribution >= 0.6 is 0 Å². The summed E-state index contributed by atoms with van der Waals surface area (Å²) >= 11 is 0. The zero-order valence-corrected chi connectivity index (χ0v) is 13.9. The predicted octanol–water partition coefficient (Wildman–Crippen LogP) is 3.72. The molecule has 1 fully saturated rings. The number of carbonyl (C=O) groups is 1. The van der Waals surface area contributed by atoms with Crippen molar-refractivity contribution in [2.24, 2.45) is 5.41 Å². The van der Waals surface area contributed by atoms with Crippen molar-refractivity contribution < 1.29 is 4.79 Å². The lowest BCUT2D eigenvalue weighted by Gasteiger charge is -2.38. The first-order valence-corrected chi connectivity index (χ1v) is 7.99. The molecule has 21 heavy (non-hydrogen) atoms. The van der Waals surface area contributed by atoms with Crippen molar-refractivity contribution in [3.63, 3.8) is 0 Å². The molecule has 1 heterocycles. The minimum Gasteiger partial charge on any atom is -0.318 e. The van der Waals surface area contributed by atoms with E-state index in [4.69, 9.17) is 0 Å². The number of rotatable bonds is 4. The van der Waals surface area contributed by atoms with Crippen LogP contribution in [0.15, 0.2) is 30.3 Å². The molecule has 1 aliphatic heterocycles. The Hall–Kier alpha value is -1.35. The second-order valence-electron chi connectivity index (χ2n) is 7.11. The molecule has 1 aromatic rings. The molecule has 1 N–H and O–H groups in total. The van der Waals surface area contributed by atoms with Gasteiger partial charge in [0.25, 0.3) is 0 Å². The second-order valence-corrected chi connectivity index (χ2v) is 7.11. The van der Waals surface area contributed by atoms with E-state index in [1.165, 1.54) is 5.56 Å². The van der Waals surface area contributed by atoms with Crippen LogP contribution < -0.4 is 5.32 Å². The maximum Gasteiger partial charge on any atom is 0.241 e. The Kier molecular flexibility index (Phi) is 4.72. The molecule has 0 aliphatic carbocycles. The van der Waals surface area contributed by atoms with E-state index in [9.17, 15) is 4.79 Å². The van der Waals surface area contributed by atoms with Gasteiger partial charge in [-0.1, -0.05) is 64.4 Å². The van der Waals surface area contributed by atoms with Crippen LogP contribution in [0.25, 0.3) is 0 Å². The third-order valence-corrected chi connectivity index (χ3v) is 4.55. The highest BCUT2D eigenvalue weighted by atomic mass is 16.2. The number of benzene rings is 1. The summed E-state index contributed by atoms with van der Waals surface area (Å²) in [5.41, 5.74) is 1.23. The standard InChI is InChI=1S/C18H28N2O/c1-6-10-15-17(21)20(13(2)18(3,4)5)16(19-15)14-11-8-7-9-12-14/h7-9,11-13,15-16,19H,6,10H2,1-5H3. The average Bonchev–Trinajstić information content (AvgIpc) is 2.76. The Bertz CT molecular complexity index is 478. The van der Waals surface area contributed by atoms with E-state index in [1.807, 2.05) is 18.2 Å². The monoisotopic (exact) mass is 288 g/mol. The van der Waals surface area contributed by atoms with Crippen molar-refractivity contribution in [1.82, 2.24) is 10.2 Å². The summed E-state index contributed by atoms with van der Waals surface area (Å²) in [5, 5.41) is 3.54. The van der Waals surface area contributed by atoms with E-state index in [-0.39, 0.29) is 29.6 Å². The molecule has 1 aromatic carbocycles. The molecule has 3 heteroatoms. The van der Waals surface area contributed by atoms with E-state index in [0.717, 1.165) is 12.8 Å². The van der Waals surface area contributed by atoms with E-state index < -0.39 is 0 Å². The first-order chi connectivity index (χ1) is 9.86. The molecule has 3 nitrogen and oxygen atoms in total. The van der Waals surface area contributed by atoms with Crippen molar-refractivity contribution in [3.8, 4) is 0 Å². The molecule has 0 aromatic heterocycles. The first kappa shape index (κ1) is 16.0. The minimum absolute atomic E-state index is 0.00975. The van der Waals surface area contributed by atoms with Gasteiger partial charge in [-0.2, -0.15) is 0 Å². The van der Waals surface area contributed by atoms with E-state index in [1.54, 1.807) is 0 Å². The lowest BCUT2D eigenvalue weighted by atomic mass is 9.86. The van der Waals surface area contributed by atoms with E-state index in [0.29, 0.717) is 0 Å². The fourth-order valence-electron chi connectivity index (χ4n) is 2.87. The Labute approximate surface area is 128 Å². The molecule has 1 aliphatic rings. The first-order valence-electron chi connectivity index (χ1n) is 7.99. The third kappa shape index (κ3) is 3.29. The maximum atomic E-state index is 12.8. The normalized spacial score (nSPS) is 24.4. The number of hydrogen-bond donors (Lipinski definition) is 1. The van der Waals surface area contributed by atoms with Crippen LogP contribution in [0, 0.1) is 5.41 Å². The number of amides is 1. The van der Waals surface area contributed by atoms with Gasteiger partial charge in [0.1, 0.15) is 6.17 Å². The summed E-state index contributed by atoms with van der Waals surface area (Å²) < 4.78 is 0. The lowest BCUT2D eigenvalue weighted by molar-refractivity contribution is -0.134. The smallest absolute Gasteiger partial charge is 0.241 e. The van der Waals surface area contributed by atoms with Crippen LogP contribution in [0.5, 0.6) is 0 Å². The summed E-state index contributed by atoms with van der Waals surface area (Å²) in [7, 11) is 0. The molecule has 0 saturated carbocycles. The van der Waals surface area contributed by atoms with Gasteiger partial charge in [0, 0.05) is 6.04 Å². The summed E-state index contributed by atoms with van der Waals surface area (Å²) in [5.74, 6) is 0.244. The number of carbonyl (C=O) groups excluding carboxylic acids is 1. The van der Waals surface area contributed by atoms with Gasteiger partial charge in [-0.3, -0.25) is 10.1 Å². The molecular weight excluding hydrogens is 260 g/mol. The fraction of sp³-hybridized carbons (Fsp3) is 0.611. The van der Waals surface area contributed by atoms with Crippen molar-refractivity contribution >= 4 is 5.91 Å².